The Labute approximate surface area is 200 Å². The second-order valence-electron chi connectivity index (χ2n) is 6.61. The predicted molar refractivity (Wildman–Crippen MR) is 121 cm³/mol. The lowest BCUT2D eigenvalue weighted by molar-refractivity contribution is -0.384. The summed E-state index contributed by atoms with van der Waals surface area (Å²) >= 11 is 0. The van der Waals surface area contributed by atoms with E-state index in [0.29, 0.717) is 105 Å². The molecule has 0 aromatic heterocycles. The van der Waals surface area contributed by atoms with E-state index >= 15 is 0 Å². The molecule has 0 heterocycles. The topological polar surface area (TPSA) is 137 Å². The van der Waals surface area contributed by atoms with E-state index in [0.717, 1.165) is 0 Å². The monoisotopic (exact) mass is 491 g/mol. The van der Waals surface area contributed by atoms with Crippen LogP contribution in [0.4, 0.5) is 5.69 Å². The summed E-state index contributed by atoms with van der Waals surface area (Å²) in [5.74, 6) is 0.557. The Morgan fingerprint density at radius 1 is 0.559 bits per heavy atom. The number of rotatable bonds is 25. The number of benzene rings is 1. The number of nitrogens with zero attached hydrogens (tertiary/aromatic N) is 1. The first-order valence-corrected chi connectivity index (χ1v) is 11.3. The van der Waals surface area contributed by atoms with Crippen molar-refractivity contribution in [3.63, 3.8) is 0 Å². The molecule has 196 valence electrons. The van der Waals surface area contributed by atoms with Gasteiger partial charge < -0.3 is 43.0 Å². The van der Waals surface area contributed by atoms with Gasteiger partial charge in [0.2, 0.25) is 0 Å². The lowest BCUT2D eigenvalue weighted by Gasteiger charge is -2.09. The number of ether oxygens (including phenoxy) is 8. The SMILES string of the molecule is O=[N+]([O-])c1ccc(OCCOCCOCCOCCOCCOCCOCCOCCO)cc1. The molecule has 0 aliphatic carbocycles. The summed E-state index contributed by atoms with van der Waals surface area (Å²) in [6.45, 7) is 6.81. The van der Waals surface area contributed by atoms with E-state index in [1.54, 1.807) is 12.1 Å². The molecule has 0 aliphatic heterocycles. The van der Waals surface area contributed by atoms with Crippen molar-refractivity contribution >= 4 is 5.69 Å². The van der Waals surface area contributed by atoms with Gasteiger partial charge in [-0.1, -0.05) is 0 Å². The third-order valence-electron chi connectivity index (χ3n) is 4.01. The Morgan fingerprint density at radius 2 is 0.882 bits per heavy atom. The Kier molecular flexibility index (Phi) is 20.3. The van der Waals surface area contributed by atoms with Gasteiger partial charge >= 0.3 is 0 Å². The lowest BCUT2D eigenvalue weighted by atomic mass is 10.3. The summed E-state index contributed by atoms with van der Waals surface area (Å²) in [5, 5.41) is 19.1. The number of hydrogen-bond donors (Lipinski definition) is 1. The Bertz CT molecular complexity index is 589. The molecule has 1 aromatic rings. The molecule has 1 N–H and O–H groups in total. The average Bonchev–Trinajstić information content (AvgIpc) is 2.84. The van der Waals surface area contributed by atoms with Crippen LogP contribution in [0.5, 0.6) is 5.75 Å². The van der Waals surface area contributed by atoms with E-state index in [4.69, 9.17) is 43.0 Å². The van der Waals surface area contributed by atoms with Gasteiger partial charge in [0.25, 0.3) is 5.69 Å². The summed E-state index contributed by atoms with van der Waals surface area (Å²) in [7, 11) is 0. The number of hydrogen-bond acceptors (Lipinski definition) is 11. The smallest absolute Gasteiger partial charge is 0.269 e. The summed E-state index contributed by atoms with van der Waals surface area (Å²) in [6.07, 6.45) is 0. The van der Waals surface area contributed by atoms with E-state index in [1.807, 2.05) is 0 Å². The second kappa shape index (κ2) is 22.9. The largest absolute Gasteiger partial charge is 0.491 e. The van der Waals surface area contributed by atoms with Gasteiger partial charge in [-0.3, -0.25) is 10.1 Å². The van der Waals surface area contributed by atoms with Crippen molar-refractivity contribution in [1.29, 1.82) is 0 Å². The third-order valence-corrected chi connectivity index (χ3v) is 4.01. The highest BCUT2D eigenvalue weighted by atomic mass is 16.6. The standard InChI is InChI=1S/C22H37NO11/c24-5-6-27-7-8-28-9-10-29-11-12-30-13-14-31-15-16-32-17-18-33-19-20-34-22-3-1-21(2-4-22)23(25)26/h1-4,24H,5-20H2. The molecule has 0 amide bonds. The fraction of sp³-hybridized carbons (Fsp3) is 0.727. The van der Waals surface area contributed by atoms with Crippen LogP contribution in [0.1, 0.15) is 0 Å². The van der Waals surface area contributed by atoms with Gasteiger partial charge in [-0.05, 0) is 12.1 Å². The van der Waals surface area contributed by atoms with Crippen LogP contribution in [0.3, 0.4) is 0 Å². The Morgan fingerprint density at radius 3 is 1.21 bits per heavy atom. The van der Waals surface area contributed by atoms with Crippen molar-refractivity contribution in [3.05, 3.63) is 34.4 Å². The molecule has 0 spiro atoms. The Hall–Kier alpha value is -1.90. The average molecular weight is 492 g/mol. The minimum absolute atomic E-state index is 0.0194. The number of non-ortho nitro benzene ring substituents is 1. The predicted octanol–water partition coefficient (Wildman–Crippen LogP) is 1.08. The van der Waals surface area contributed by atoms with Crippen LogP contribution in [0, 0.1) is 10.1 Å². The molecule has 12 nitrogen and oxygen atoms in total. The maximum Gasteiger partial charge on any atom is 0.269 e. The van der Waals surface area contributed by atoms with Gasteiger partial charge in [-0.15, -0.1) is 0 Å². The maximum absolute atomic E-state index is 10.6. The molecule has 0 radical (unpaired) electrons. The van der Waals surface area contributed by atoms with Gasteiger partial charge in [-0.25, -0.2) is 0 Å². The maximum atomic E-state index is 10.6. The van der Waals surface area contributed by atoms with Crippen molar-refractivity contribution in [2.75, 3.05) is 106 Å². The zero-order valence-electron chi connectivity index (χ0n) is 19.6. The van der Waals surface area contributed by atoms with Crippen molar-refractivity contribution in [1.82, 2.24) is 0 Å². The summed E-state index contributed by atoms with van der Waals surface area (Å²) in [6, 6.07) is 5.90. The molecule has 0 fully saturated rings. The van der Waals surface area contributed by atoms with E-state index in [1.165, 1.54) is 12.1 Å². The van der Waals surface area contributed by atoms with Crippen LogP contribution < -0.4 is 4.74 Å². The molecular formula is C22H37NO11. The second-order valence-corrected chi connectivity index (χ2v) is 6.61. The van der Waals surface area contributed by atoms with Crippen LogP contribution in [0.15, 0.2) is 24.3 Å². The Balaban J connectivity index is 1.71. The molecule has 0 atom stereocenters. The zero-order valence-corrected chi connectivity index (χ0v) is 19.6. The molecule has 1 aromatic carbocycles. The van der Waals surface area contributed by atoms with Crippen molar-refractivity contribution in [2.24, 2.45) is 0 Å². The molecule has 0 saturated carbocycles. The summed E-state index contributed by atoms with van der Waals surface area (Å²) < 4.78 is 42.8. The first-order valence-electron chi connectivity index (χ1n) is 11.3. The zero-order chi connectivity index (χ0) is 24.5. The minimum Gasteiger partial charge on any atom is -0.491 e. The normalized spacial score (nSPS) is 11.1. The number of aliphatic hydroxyl groups is 1. The quantitative estimate of drug-likeness (QED) is 0.119. The highest BCUT2D eigenvalue weighted by Crippen LogP contribution is 2.16. The van der Waals surface area contributed by atoms with Crippen LogP contribution >= 0.6 is 0 Å². The van der Waals surface area contributed by atoms with Crippen LogP contribution in [-0.4, -0.2) is 116 Å². The lowest BCUT2D eigenvalue weighted by Crippen LogP contribution is -2.15. The molecular weight excluding hydrogens is 454 g/mol. The first-order chi connectivity index (χ1) is 16.7. The minimum atomic E-state index is -0.454. The van der Waals surface area contributed by atoms with Crippen molar-refractivity contribution < 1.29 is 47.9 Å². The number of aliphatic hydroxyl groups excluding tert-OH is 1. The van der Waals surface area contributed by atoms with E-state index in [9.17, 15) is 10.1 Å². The third kappa shape index (κ3) is 18.5. The van der Waals surface area contributed by atoms with Crippen LogP contribution in [-0.2, 0) is 33.2 Å². The fourth-order valence-corrected chi connectivity index (χ4v) is 2.37. The molecule has 0 unspecified atom stereocenters. The number of nitro groups is 1. The summed E-state index contributed by atoms with van der Waals surface area (Å²) in [4.78, 5) is 10.1. The molecule has 0 saturated heterocycles. The number of nitro benzene ring substituents is 1. The molecule has 0 aliphatic rings. The van der Waals surface area contributed by atoms with Crippen LogP contribution in [0.2, 0.25) is 0 Å². The van der Waals surface area contributed by atoms with Gasteiger partial charge in [0.15, 0.2) is 0 Å². The van der Waals surface area contributed by atoms with E-state index in [2.05, 4.69) is 0 Å². The van der Waals surface area contributed by atoms with E-state index < -0.39 is 4.92 Å². The molecule has 12 heteroatoms. The molecule has 0 bridgehead atoms. The highest BCUT2D eigenvalue weighted by molar-refractivity contribution is 5.35. The van der Waals surface area contributed by atoms with Gasteiger partial charge in [0, 0.05) is 12.1 Å². The fourth-order valence-electron chi connectivity index (χ4n) is 2.37. The summed E-state index contributed by atoms with van der Waals surface area (Å²) in [5.41, 5.74) is 0.0267. The highest BCUT2D eigenvalue weighted by Gasteiger charge is 2.04. The molecule has 1 rings (SSSR count). The first kappa shape index (κ1) is 30.1. The molecule has 34 heavy (non-hydrogen) atoms. The van der Waals surface area contributed by atoms with Crippen molar-refractivity contribution in [3.8, 4) is 5.75 Å². The van der Waals surface area contributed by atoms with Gasteiger partial charge in [-0.2, -0.15) is 0 Å². The van der Waals surface area contributed by atoms with Crippen molar-refractivity contribution in [2.45, 2.75) is 0 Å². The van der Waals surface area contributed by atoms with Crippen LogP contribution in [0.25, 0.3) is 0 Å². The van der Waals surface area contributed by atoms with E-state index in [-0.39, 0.29) is 12.3 Å². The van der Waals surface area contributed by atoms with Gasteiger partial charge in [0.05, 0.1) is 104 Å². The van der Waals surface area contributed by atoms with Gasteiger partial charge in [0.1, 0.15) is 12.4 Å².